The summed E-state index contributed by atoms with van der Waals surface area (Å²) in [4.78, 5) is 0.299. The molecule has 5 nitrogen and oxygen atoms in total. The maximum absolute atomic E-state index is 12.0. The van der Waals surface area contributed by atoms with E-state index in [0.717, 1.165) is 12.1 Å². The van der Waals surface area contributed by atoms with Gasteiger partial charge in [0.15, 0.2) is 0 Å². The second-order valence-corrected chi connectivity index (χ2v) is 7.54. The Labute approximate surface area is 122 Å². The Hall–Kier alpha value is -1.11. The lowest BCUT2D eigenvalue weighted by Crippen LogP contribution is -2.28. The number of benzene rings is 1. The summed E-state index contributed by atoms with van der Waals surface area (Å²) in [5.41, 5.74) is 6.52. The Morgan fingerprint density at radius 3 is 2.15 bits per heavy atom. The highest BCUT2D eigenvalue weighted by molar-refractivity contribution is 7.89. The lowest BCUT2D eigenvalue weighted by molar-refractivity contribution is 0.499. The van der Waals surface area contributed by atoms with Crippen LogP contribution in [0.25, 0.3) is 0 Å². The number of sulfonamides is 1. The maximum Gasteiger partial charge on any atom is 0.242 e. The number of nitrogens with zero attached hydrogens (tertiary/aromatic N) is 1. The van der Waals surface area contributed by atoms with Gasteiger partial charge in [0.1, 0.15) is 0 Å². The van der Waals surface area contributed by atoms with Crippen LogP contribution in [0.4, 0.5) is 5.69 Å². The summed E-state index contributed by atoms with van der Waals surface area (Å²) in [5.74, 6) is 0.462. The lowest BCUT2D eigenvalue weighted by atomic mass is 10.0. The Kier molecular flexibility index (Phi) is 5.98. The van der Waals surface area contributed by atoms with E-state index in [2.05, 4.69) is 19.2 Å². The van der Waals surface area contributed by atoms with Crippen LogP contribution in [-0.4, -0.2) is 39.4 Å². The fraction of sp³-hybridized carbons (Fsp3) is 0.571. The number of rotatable bonds is 7. The van der Waals surface area contributed by atoms with Crippen molar-refractivity contribution >= 4 is 15.7 Å². The average Bonchev–Trinajstić information content (AvgIpc) is 2.38. The number of anilines is 1. The van der Waals surface area contributed by atoms with Crippen molar-refractivity contribution in [1.29, 1.82) is 0 Å². The zero-order chi connectivity index (χ0) is 15.3. The molecule has 0 aliphatic heterocycles. The van der Waals surface area contributed by atoms with Crippen LogP contribution >= 0.6 is 0 Å². The molecule has 0 radical (unpaired) electrons. The molecule has 0 fully saturated rings. The molecule has 0 heterocycles. The topological polar surface area (TPSA) is 75.4 Å². The molecule has 1 aromatic carbocycles. The predicted octanol–water partition coefficient (Wildman–Crippen LogP) is 1.72. The normalized spacial score (nSPS) is 13.8. The van der Waals surface area contributed by atoms with Gasteiger partial charge >= 0.3 is 0 Å². The quantitative estimate of drug-likeness (QED) is 0.804. The molecule has 114 valence electrons. The highest BCUT2D eigenvalue weighted by Gasteiger charge is 2.17. The van der Waals surface area contributed by atoms with Crippen LogP contribution in [0.5, 0.6) is 0 Å². The van der Waals surface area contributed by atoms with E-state index in [1.165, 1.54) is 18.4 Å². The van der Waals surface area contributed by atoms with Crippen LogP contribution in [0.15, 0.2) is 29.2 Å². The third-order valence-corrected chi connectivity index (χ3v) is 5.10. The fourth-order valence-electron chi connectivity index (χ4n) is 1.90. The first-order valence-electron chi connectivity index (χ1n) is 6.78. The van der Waals surface area contributed by atoms with E-state index in [-0.39, 0.29) is 6.04 Å². The number of hydrogen-bond acceptors (Lipinski definition) is 4. The minimum absolute atomic E-state index is 0.288. The van der Waals surface area contributed by atoms with Crippen LogP contribution in [0.1, 0.15) is 20.3 Å². The van der Waals surface area contributed by atoms with E-state index >= 15 is 0 Å². The Bertz CT molecular complexity index is 510. The first kappa shape index (κ1) is 16.9. The molecular weight excluding hydrogens is 274 g/mol. The van der Waals surface area contributed by atoms with Crippen molar-refractivity contribution in [2.24, 2.45) is 11.7 Å². The standard InChI is InChI=1S/C14H25N3O2S/c1-11(2)14(9-10-15)16-12-5-7-13(8-6-12)20(18,19)17(3)4/h5-8,11,14,16H,9-10,15H2,1-4H3. The molecule has 20 heavy (non-hydrogen) atoms. The molecule has 6 heteroatoms. The summed E-state index contributed by atoms with van der Waals surface area (Å²) in [6.07, 6.45) is 0.884. The minimum Gasteiger partial charge on any atom is -0.382 e. The first-order valence-corrected chi connectivity index (χ1v) is 8.22. The summed E-state index contributed by atoms with van der Waals surface area (Å²) in [5, 5.41) is 3.40. The summed E-state index contributed by atoms with van der Waals surface area (Å²) in [6.45, 7) is 4.90. The minimum atomic E-state index is -3.36. The Morgan fingerprint density at radius 1 is 1.20 bits per heavy atom. The molecule has 3 N–H and O–H groups in total. The summed E-state index contributed by atoms with van der Waals surface area (Å²) in [6, 6.07) is 7.12. The van der Waals surface area contributed by atoms with Gasteiger partial charge in [-0.1, -0.05) is 13.8 Å². The van der Waals surface area contributed by atoms with E-state index in [9.17, 15) is 8.42 Å². The molecule has 1 unspecified atom stereocenters. The molecule has 0 aliphatic carbocycles. The fourth-order valence-corrected chi connectivity index (χ4v) is 2.80. The first-order chi connectivity index (χ1) is 9.28. The van der Waals surface area contributed by atoms with E-state index in [4.69, 9.17) is 5.73 Å². The molecule has 0 saturated heterocycles. The SMILES string of the molecule is CC(C)C(CCN)Nc1ccc(S(=O)(=O)N(C)C)cc1. The molecule has 1 rings (SSSR count). The van der Waals surface area contributed by atoms with Crippen molar-refractivity contribution in [3.8, 4) is 0 Å². The zero-order valence-corrected chi connectivity index (χ0v) is 13.4. The van der Waals surface area contributed by atoms with Crippen LogP contribution in [0, 0.1) is 5.92 Å². The third-order valence-electron chi connectivity index (χ3n) is 3.27. The van der Waals surface area contributed by atoms with Crippen LogP contribution in [0.3, 0.4) is 0 Å². The molecule has 0 saturated carbocycles. The average molecular weight is 299 g/mol. The largest absolute Gasteiger partial charge is 0.382 e. The molecule has 1 aromatic rings. The maximum atomic E-state index is 12.0. The van der Waals surface area contributed by atoms with Crippen molar-refractivity contribution in [2.75, 3.05) is 26.0 Å². The van der Waals surface area contributed by atoms with Crippen LogP contribution < -0.4 is 11.1 Å². The van der Waals surface area contributed by atoms with Crippen molar-refractivity contribution in [1.82, 2.24) is 4.31 Å². The van der Waals surface area contributed by atoms with Gasteiger partial charge in [-0.15, -0.1) is 0 Å². The van der Waals surface area contributed by atoms with E-state index in [1.54, 1.807) is 24.3 Å². The lowest BCUT2D eigenvalue weighted by Gasteiger charge is -2.23. The molecule has 0 aromatic heterocycles. The molecular formula is C14H25N3O2S. The van der Waals surface area contributed by atoms with Crippen molar-refractivity contribution in [3.63, 3.8) is 0 Å². The van der Waals surface area contributed by atoms with Gasteiger partial charge in [0.2, 0.25) is 10.0 Å². The smallest absolute Gasteiger partial charge is 0.242 e. The van der Waals surface area contributed by atoms with Crippen molar-refractivity contribution in [3.05, 3.63) is 24.3 Å². The third kappa shape index (κ3) is 4.19. The van der Waals surface area contributed by atoms with Crippen LogP contribution in [-0.2, 0) is 10.0 Å². The van der Waals surface area contributed by atoms with E-state index < -0.39 is 10.0 Å². The van der Waals surface area contributed by atoms with Crippen molar-refractivity contribution < 1.29 is 8.42 Å². The highest BCUT2D eigenvalue weighted by atomic mass is 32.2. The van der Waals surface area contributed by atoms with Gasteiger partial charge in [0.25, 0.3) is 0 Å². The summed E-state index contributed by atoms with van der Waals surface area (Å²) >= 11 is 0. The molecule has 0 bridgehead atoms. The van der Waals surface area contributed by atoms with E-state index in [0.29, 0.717) is 17.4 Å². The molecule has 0 aliphatic rings. The van der Waals surface area contributed by atoms with Gasteiger partial charge in [0, 0.05) is 25.8 Å². The van der Waals surface area contributed by atoms with Gasteiger partial charge in [0.05, 0.1) is 4.90 Å². The Balaban J connectivity index is 2.86. The van der Waals surface area contributed by atoms with Gasteiger partial charge in [-0.3, -0.25) is 0 Å². The Morgan fingerprint density at radius 2 is 1.75 bits per heavy atom. The van der Waals surface area contributed by atoms with Gasteiger partial charge in [-0.2, -0.15) is 0 Å². The second kappa shape index (κ2) is 7.06. The second-order valence-electron chi connectivity index (χ2n) is 5.38. The highest BCUT2D eigenvalue weighted by Crippen LogP contribution is 2.19. The van der Waals surface area contributed by atoms with Gasteiger partial charge in [-0.05, 0) is 43.1 Å². The zero-order valence-electron chi connectivity index (χ0n) is 12.6. The van der Waals surface area contributed by atoms with Gasteiger partial charge in [-0.25, -0.2) is 12.7 Å². The van der Waals surface area contributed by atoms with Crippen LogP contribution in [0.2, 0.25) is 0 Å². The number of nitrogens with two attached hydrogens (primary N) is 1. The molecule has 0 spiro atoms. The number of nitrogens with one attached hydrogen (secondary N) is 1. The van der Waals surface area contributed by atoms with Gasteiger partial charge < -0.3 is 11.1 Å². The van der Waals surface area contributed by atoms with E-state index in [1.807, 2.05) is 0 Å². The molecule has 0 amide bonds. The monoisotopic (exact) mass is 299 g/mol. The predicted molar refractivity (Wildman–Crippen MR) is 83.2 cm³/mol. The van der Waals surface area contributed by atoms with Crippen molar-refractivity contribution in [2.45, 2.75) is 31.2 Å². The summed E-state index contributed by atoms with van der Waals surface area (Å²) < 4.78 is 25.1. The number of hydrogen-bond donors (Lipinski definition) is 2. The molecule has 1 atom stereocenters. The summed E-state index contributed by atoms with van der Waals surface area (Å²) in [7, 11) is -0.312.